The average Bonchev–Trinajstić information content (AvgIpc) is 2.83. The highest BCUT2D eigenvalue weighted by Crippen LogP contribution is 2.16. The van der Waals surface area contributed by atoms with Gasteiger partial charge < -0.3 is 10.2 Å². The topological polar surface area (TPSA) is 32.3 Å². The molecule has 2 amide bonds. The molecule has 0 saturated carbocycles. The van der Waals surface area contributed by atoms with Crippen molar-refractivity contribution in [2.45, 2.75) is 13.3 Å². The van der Waals surface area contributed by atoms with Crippen LogP contribution in [-0.2, 0) is 6.42 Å². The molecule has 3 heteroatoms. The van der Waals surface area contributed by atoms with Crippen LogP contribution >= 0.6 is 0 Å². The summed E-state index contributed by atoms with van der Waals surface area (Å²) in [5, 5.41) is 2.95. The average molecular weight is 216 g/mol. The van der Waals surface area contributed by atoms with E-state index >= 15 is 0 Å². The van der Waals surface area contributed by atoms with Crippen molar-refractivity contribution in [3.05, 3.63) is 42.0 Å². The summed E-state index contributed by atoms with van der Waals surface area (Å²) in [5.41, 5.74) is 2.09. The third-order valence-electron chi connectivity index (χ3n) is 2.75. The first-order valence-electron chi connectivity index (χ1n) is 5.60. The first kappa shape index (κ1) is 10.7. The number of benzene rings is 1. The second-order valence-corrected chi connectivity index (χ2v) is 3.82. The molecule has 1 aliphatic rings. The Balaban J connectivity index is 2.05. The van der Waals surface area contributed by atoms with Gasteiger partial charge in [0, 0.05) is 18.8 Å². The monoisotopic (exact) mass is 216 g/mol. The maximum Gasteiger partial charge on any atom is 0.322 e. The van der Waals surface area contributed by atoms with E-state index in [0.29, 0.717) is 13.1 Å². The third kappa shape index (κ3) is 2.24. The number of hydrogen-bond donors (Lipinski definition) is 1. The molecule has 0 saturated heterocycles. The number of nitrogens with one attached hydrogen (secondary N) is 1. The van der Waals surface area contributed by atoms with Gasteiger partial charge in [0.05, 0.1) is 0 Å². The Kier molecular flexibility index (Phi) is 3.25. The Morgan fingerprint density at radius 3 is 2.69 bits per heavy atom. The van der Waals surface area contributed by atoms with Gasteiger partial charge in [-0.15, -0.1) is 0 Å². The van der Waals surface area contributed by atoms with Crippen molar-refractivity contribution in [1.82, 2.24) is 4.90 Å². The standard InChI is InChI=1S/C13H16N2O/c1-2-11-7-3-4-8-12(11)14-13(16)15-9-5-6-10-15/h3-8H,2,9-10H2,1H3,(H,14,16). The number of carbonyl (C=O) groups excluding carboxylic acids is 1. The fourth-order valence-corrected chi connectivity index (χ4v) is 1.79. The molecular weight excluding hydrogens is 200 g/mol. The fraction of sp³-hybridized carbons (Fsp3) is 0.308. The zero-order valence-corrected chi connectivity index (χ0v) is 9.44. The van der Waals surface area contributed by atoms with Crippen molar-refractivity contribution < 1.29 is 4.79 Å². The molecule has 84 valence electrons. The largest absolute Gasteiger partial charge is 0.322 e. The molecule has 0 aromatic heterocycles. The highest BCUT2D eigenvalue weighted by Gasteiger charge is 2.14. The minimum Gasteiger partial charge on any atom is -0.317 e. The fourth-order valence-electron chi connectivity index (χ4n) is 1.79. The van der Waals surface area contributed by atoms with Gasteiger partial charge in [0.1, 0.15) is 0 Å². The predicted octanol–water partition coefficient (Wildman–Crippen LogP) is 2.65. The molecule has 1 N–H and O–H groups in total. The molecule has 1 aromatic rings. The molecule has 1 aromatic carbocycles. The van der Waals surface area contributed by atoms with Crippen LogP contribution in [0.5, 0.6) is 0 Å². The van der Waals surface area contributed by atoms with Crippen molar-refractivity contribution in [3.63, 3.8) is 0 Å². The number of urea groups is 1. The first-order chi connectivity index (χ1) is 7.81. The van der Waals surface area contributed by atoms with E-state index in [1.165, 1.54) is 5.56 Å². The summed E-state index contributed by atoms with van der Waals surface area (Å²) in [5.74, 6) is 0. The SMILES string of the molecule is CCc1ccccc1NC(=O)N1CC=CC1. The Labute approximate surface area is 95.8 Å². The molecule has 2 rings (SSSR count). The highest BCUT2D eigenvalue weighted by molar-refractivity contribution is 5.90. The Hall–Kier alpha value is -1.77. The molecule has 1 aliphatic heterocycles. The number of nitrogens with zero attached hydrogens (tertiary/aromatic N) is 1. The van der Waals surface area contributed by atoms with Gasteiger partial charge in [0.2, 0.25) is 0 Å². The second-order valence-electron chi connectivity index (χ2n) is 3.82. The Morgan fingerprint density at radius 1 is 1.31 bits per heavy atom. The van der Waals surface area contributed by atoms with Crippen LogP contribution in [0.2, 0.25) is 0 Å². The summed E-state index contributed by atoms with van der Waals surface area (Å²) < 4.78 is 0. The Bertz CT molecular complexity index is 404. The molecule has 0 aliphatic carbocycles. The van der Waals surface area contributed by atoms with Crippen molar-refractivity contribution in [1.29, 1.82) is 0 Å². The van der Waals surface area contributed by atoms with Gasteiger partial charge in [-0.25, -0.2) is 4.79 Å². The molecule has 0 atom stereocenters. The zero-order chi connectivity index (χ0) is 11.4. The third-order valence-corrected chi connectivity index (χ3v) is 2.75. The molecular formula is C13H16N2O. The van der Waals surface area contributed by atoms with Crippen molar-refractivity contribution >= 4 is 11.7 Å². The van der Waals surface area contributed by atoms with Crippen LogP contribution in [0.4, 0.5) is 10.5 Å². The van der Waals surface area contributed by atoms with Crippen LogP contribution in [-0.4, -0.2) is 24.0 Å². The van der Waals surface area contributed by atoms with E-state index in [1.807, 2.05) is 36.4 Å². The summed E-state index contributed by atoms with van der Waals surface area (Å²) >= 11 is 0. The number of carbonyl (C=O) groups is 1. The van der Waals surface area contributed by atoms with E-state index < -0.39 is 0 Å². The van der Waals surface area contributed by atoms with Crippen molar-refractivity contribution in [2.24, 2.45) is 0 Å². The van der Waals surface area contributed by atoms with E-state index in [4.69, 9.17) is 0 Å². The second kappa shape index (κ2) is 4.84. The maximum absolute atomic E-state index is 11.9. The summed E-state index contributed by atoms with van der Waals surface area (Å²) in [6.07, 6.45) is 4.94. The number of anilines is 1. The van der Waals surface area contributed by atoms with Gasteiger partial charge in [-0.05, 0) is 18.1 Å². The number of aryl methyl sites for hydroxylation is 1. The quantitative estimate of drug-likeness (QED) is 0.757. The van der Waals surface area contributed by atoms with Crippen LogP contribution < -0.4 is 5.32 Å². The van der Waals surface area contributed by atoms with Gasteiger partial charge in [0.15, 0.2) is 0 Å². The van der Waals surface area contributed by atoms with Crippen LogP contribution in [0.15, 0.2) is 36.4 Å². The molecule has 1 heterocycles. The summed E-state index contributed by atoms with van der Waals surface area (Å²) in [6, 6.07) is 7.90. The number of amides is 2. The summed E-state index contributed by atoms with van der Waals surface area (Å²) in [4.78, 5) is 13.6. The van der Waals surface area contributed by atoms with E-state index in [9.17, 15) is 4.79 Å². The summed E-state index contributed by atoms with van der Waals surface area (Å²) in [7, 11) is 0. The van der Waals surface area contributed by atoms with Crippen LogP contribution in [0.25, 0.3) is 0 Å². The minimum absolute atomic E-state index is 0.0223. The van der Waals surface area contributed by atoms with E-state index in [-0.39, 0.29) is 6.03 Å². The van der Waals surface area contributed by atoms with Gasteiger partial charge in [-0.1, -0.05) is 37.3 Å². The van der Waals surface area contributed by atoms with Gasteiger partial charge >= 0.3 is 6.03 Å². The predicted molar refractivity (Wildman–Crippen MR) is 65.6 cm³/mol. The molecule has 16 heavy (non-hydrogen) atoms. The molecule has 0 fully saturated rings. The lowest BCUT2D eigenvalue weighted by Crippen LogP contribution is -2.32. The van der Waals surface area contributed by atoms with Crippen LogP contribution in [0.3, 0.4) is 0 Å². The van der Waals surface area contributed by atoms with E-state index in [1.54, 1.807) is 4.90 Å². The first-order valence-corrected chi connectivity index (χ1v) is 5.60. The normalized spacial score (nSPS) is 14.2. The lowest BCUT2D eigenvalue weighted by Gasteiger charge is -2.17. The Morgan fingerprint density at radius 2 is 2.00 bits per heavy atom. The maximum atomic E-state index is 11.9. The number of rotatable bonds is 2. The smallest absolute Gasteiger partial charge is 0.317 e. The number of hydrogen-bond acceptors (Lipinski definition) is 1. The van der Waals surface area contributed by atoms with Gasteiger partial charge in [0.25, 0.3) is 0 Å². The molecule has 0 radical (unpaired) electrons. The molecule has 0 spiro atoms. The van der Waals surface area contributed by atoms with E-state index in [0.717, 1.165) is 12.1 Å². The molecule has 3 nitrogen and oxygen atoms in total. The summed E-state index contributed by atoms with van der Waals surface area (Å²) in [6.45, 7) is 3.50. The molecule has 0 bridgehead atoms. The lowest BCUT2D eigenvalue weighted by atomic mass is 10.1. The molecule has 0 unspecified atom stereocenters. The van der Waals surface area contributed by atoms with E-state index in [2.05, 4.69) is 12.2 Å². The van der Waals surface area contributed by atoms with Crippen molar-refractivity contribution in [2.75, 3.05) is 18.4 Å². The van der Waals surface area contributed by atoms with Gasteiger partial charge in [-0.2, -0.15) is 0 Å². The number of para-hydroxylation sites is 1. The van der Waals surface area contributed by atoms with Gasteiger partial charge in [-0.3, -0.25) is 0 Å². The van der Waals surface area contributed by atoms with Crippen molar-refractivity contribution in [3.8, 4) is 0 Å². The highest BCUT2D eigenvalue weighted by atomic mass is 16.2. The minimum atomic E-state index is -0.0223. The zero-order valence-electron chi connectivity index (χ0n) is 9.44. The lowest BCUT2D eigenvalue weighted by molar-refractivity contribution is 0.224. The van der Waals surface area contributed by atoms with Crippen LogP contribution in [0, 0.1) is 0 Å². The van der Waals surface area contributed by atoms with Crippen LogP contribution in [0.1, 0.15) is 12.5 Å².